The minimum atomic E-state index is -0.154. The van der Waals surface area contributed by atoms with E-state index in [2.05, 4.69) is 16.2 Å². The molecule has 0 bridgehead atoms. The average molecular weight is 315 g/mol. The Morgan fingerprint density at radius 3 is 2.95 bits per heavy atom. The molecule has 0 unspecified atom stereocenters. The minimum Gasteiger partial charge on any atom is -0.273 e. The van der Waals surface area contributed by atoms with Crippen molar-refractivity contribution in [3.63, 3.8) is 0 Å². The van der Waals surface area contributed by atoms with Gasteiger partial charge in [-0.1, -0.05) is 23.5 Å². The van der Waals surface area contributed by atoms with E-state index in [0.29, 0.717) is 5.13 Å². The molecule has 0 saturated carbocycles. The molecule has 0 spiro atoms. The highest BCUT2D eigenvalue weighted by Gasteiger charge is 2.15. The molecule has 0 radical (unpaired) electrons. The molecule has 0 fully saturated rings. The average Bonchev–Trinajstić information content (AvgIpc) is 3.07. The molecule has 2 aromatic heterocycles. The Hall–Kier alpha value is -2.05. The van der Waals surface area contributed by atoms with Crippen molar-refractivity contribution < 1.29 is 4.79 Å². The number of aryl methyl sites for hydroxylation is 1. The molecule has 3 rings (SSSR count). The molecule has 2 heterocycles. The fraction of sp³-hybridized carbons (Fsp3) is 0.133. The summed E-state index contributed by atoms with van der Waals surface area (Å²) in [6.07, 6.45) is 1.68. The largest absolute Gasteiger partial charge is 0.273 e. The van der Waals surface area contributed by atoms with Crippen molar-refractivity contribution in [1.29, 1.82) is 0 Å². The zero-order valence-corrected chi connectivity index (χ0v) is 13.2. The number of benzene rings is 1. The number of anilines is 1. The standard InChI is InChI=1S/C15H13N3OS2/c1-10-5-6-13-14(8-10)21-15(17-13)18(11(2)19)16-9-12-4-3-7-20-12/h3-9H,1-2H3/b16-9+. The molecule has 1 aromatic carbocycles. The number of nitrogens with zero attached hydrogens (tertiary/aromatic N) is 3. The summed E-state index contributed by atoms with van der Waals surface area (Å²) in [4.78, 5) is 17.3. The molecule has 106 valence electrons. The van der Waals surface area contributed by atoms with Crippen LogP contribution in [0.4, 0.5) is 5.13 Å². The number of carbonyl (C=O) groups is 1. The predicted molar refractivity (Wildman–Crippen MR) is 89.4 cm³/mol. The fourth-order valence-electron chi connectivity index (χ4n) is 1.86. The summed E-state index contributed by atoms with van der Waals surface area (Å²) in [5, 5.41) is 8.18. The molecule has 1 amide bonds. The van der Waals surface area contributed by atoms with Crippen molar-refractivity contribution in [3.8, 4) is 0 Å². The van der Waals surface area contributed by atoms with Crippen LogP contribution in [0.3, 0.4) is 0 Å². The Morgan fingerprint density at radius 2 is 2.24 bits per heavy atom. The summed E-state index contributed by atoms with van der Waals surface area (Å²) in [5.41, 5.74) is 2.06. The highest BCUT2D eigenvalue weighted by Crippen LogP contribution is 2.29. The second-order valence-corrected chi connectivity index (χ2v) is 6.55. The number of fused-ring (bicyclic) bond motifs is 1. The number of rotatable bonds is 3. The highest BCUT2D eigenvalue weighted by atomic mass is 32.1. The van der Waals surface area contributed by atoms with E-state index in [9.17, 15) is 4.79 Å². The Bertz CT molecular complexity index is 806. The van der Waals surface area contributed by atoms with Gasteiger partial charge in [0.05, 0.1) is 16.4 Å². The van der Waals surface area contributed by atoms with Gasteiger partial charge in [0.2, 0.25) is 11.0 Å². The third-order valence-corrected chi connectivity index (χ3v) is 4.66. The normalized spacial score (nSPS) is 11.3. The number of hydrazone groups is 1. The lowest BCUT2D eigenvalue weighted by atomic mass is 10.2. The van der Waals surface area contributed by atoms with E-state index >= 15 is 0 Å². The number of amides is 1. The van der Waals surface area contributed by atoms with Gasteiger partial charge < -0.3 is 0 Å². The maximum Gasteiger partial charge on any atom is 0.246 e. The summed E-state index contributed by atoms with van der Waals surface area (Å²) in [7, 11) is 0. The molecule has 6 heteroatoms. The van der Waals surface area contributed by atoms with Crippen LogP contribution in [0.5, 0.6) is 0 Å². The summed E-state index contributed by atoms with van der Waals surface area (Å²) in [5.74, 6) is -0.154. The third kappa shape index (κ3) is 3.01. The zero-order valence-electron chi connectivity index (χ0n) is 11.6. The van der Waals surface area contributed by atoms with Crippen LogP contribution in [0.15, 0.2) is 40.8 Å². The SMILES string of the molecule is CC(=O)N(/N=C/c1cccs1)c1nc2ccc(C)cc2s1. The first kappa shape index (κ1) is 13.9. The quantitative estimate of drug-likeness (QED) is 0.540. The van der Waals surface area contributed by atoms with E-state index in [1.54, 1.807) is 17.6 Å². The van der Waals surface area contributed by atoms with Crippen LogP contribution in [-0.4, -0.2) is 17.1 Å². The van der Waals surface area contributed by atoms with Gasteiger partial charge in [0.1, 0.15) is 0 Å². The Labute approximate surface area is 130 Å². The number of hydrogen-bond donors (Lipinski definition) is 0. The van der Waals surface area contributed by atoms with Gasteiger partial charge in [-0.25, -0.2) is 4.98 Å². The molecule has 4 nitrogen and oxygen atoms in total. The molecule has 0 aliphatic rings. The Morgan fingerprint density at radius 1 is 1.38 bits per heavy atom. The van der Waals surface area contributed by atoms with E-state index in [0.717, 1.165) is 15.1 Å². The van der Waals surface area contributed by atoms with Crippen LogP contribution in [-0.2, 0) is 4.79 Å². The monoisotopic (exact) mass is 315 g/mol. The lowest BCUT2D eigenvalue weighted by molar-refractivity contribution is -0.116. The van der Waals surface area contributed by atoms with Crippen LogP contribution in [0.2, 0.25) is 0 Å². The summed E-state index contributed by atoms with van der Waals surface area (Å²) >= 11 is 3.04. The lowest BCUT2D eigenvalue weighted by Gasteiger charge is -2.09. The predicted octanol–water partition coefficient (Wildman–Crippen LogP) is 4.05. The molecule has 21 heavy (non-hydrogen) atoms. The first-order chi connectivity index (χ1) is 10.1. The van der Waals surface area contributed by atoms with Gasteiger partial charge >= 0.3 is 0 Å². The van der Waals surface area contributed by atoms with Crippen molar-refractivity contribution in [2.75, 3.05) is 5.01 Å². The van der Waals surface area contributed by atoms with Crippen molar-refractivity contribution in [2.45, 2.75) is 13.8 Å². The smallest absolute Gasteiger partial charge is 0.246 e. The number of hydrogen-bond acceptors (Lipinski definition) is 5. The van der Waals surface area contributed by atoms with Crippen molar-refractivity contribution >= 4 is 50.1 Å². The minimum absolute atomic E-state index is 0.154. The highest BCUT2D eigenvalue weighted by molar-refractivity contribution is 7.22. The van der Waals surface area contributed by atoms with Crippen molar-refractivity contribution in [2.24, 2.45) is 5.10 Å². The van der Waals surface area contributed by atoms with E-state index in [4.69, 9.17) is 0 Å². The molecule has 0 aliphatic heterocycles. The number of thiazole rings is 1. The second-order valence-electron chi connectivity index (χ2n) is 4.56. The first-order valence-electron chi connectivity index (χ1n) is 6.39. The van der Waals surface area contributed by atoms with E-state index in [1.807, 2.05) is 36.6 Å². The summed E-state index contributed by atoms with van der Waals surface area (Å²) in [6.45, 7) is 3.53. The molecular formula is C15H13N3OS2. The maximum atomic E-state index is 11.8. The van der Waals surface area contributed by atoms with Gasteiger partial charge in [-0.3, -0.25) is 4.79 Å². The number of aromatic nitrogens is 1. The second kappa shape index (κ2) is 5.75. The van der Waals surface area contributed by atoms with Gasteiger partial charge in [0, 0.05) is 11.8 Å². The fourth-order valence-corrected chi connectivity index (χ4v) is 3.50. The van der Waals surface area contributed by atoms with Gasteiger partial charge in [-0.2, -0.15) is 10.1 Å². The topological polar surface area (TPSA) is 45.6 Å². The van der Waals surface area contributed by atoms with Gasteiger partial charge in [0.25, 0.3) is 0 Å². The molecule has 3 aromatic rings. The molecule has 0 atom stereocenters. The summed E-state index contributed by atoms with van der Waals surface area (Å²) < 4.78 is 1.06. The Balaban J connectivity index is 1.97. The van der Waals surface area contributed by atoms with E-state index in [-0.39, 0.29) is 5.91 Å². The van der Waals surface area contributed by atoms with Crippen LogP contribution in [0.1, 0.15) is 17.4 Å². The summed E-state index contributed by atoms with van der Waals surface area (Å²) in [6, 6.07) is 9.95. The van der Waals surface area contributed by atoms with Gasteiger partial charge in [-0.15, -0.1) is 11.3 Å². The zero-order chi connectivity index (χ0) is 14.8. The van der Waals surface area contributed by atoms with Crippen LogP contribution in [0.25, 0.3) is 10.2 Å². The number of carbonyl (C=O) groups excluding carboxylic acids is 1. The Kier molecular flexibility index (Phi) is 3.81. The molecular weight excluding hydrogens is 302 g/mol. The van der Waals surface area contributed by atoms with Crippen LogP contribution < -0.4 is 5.01 Å². The molecule has 0 aliphatic carbocycles. The molecule has 0 saturated heterocycles. The molecule has 0 N–H and O–H groups in total. The van der Waals surface area contributed by atoms with Crippen molar-refractivity contribution in [1.82, 2.24) is 4.98 Å². The van der Waals surface area contributed by atoms with Crippen molar-refractivity contribution in [3.05, 3.63) is 46.2 Å². The van der Waals surface area contributed by atoms with Gasteiger partial charge in [0.15, 0.2) is 0 Å². The van der Waals surface area contributed by atoms with Crippen LogP contribution >= 0.6 is 22.7 Å². The lowest BCUT2D eigenvalue weighted by Crippen LogP contribution is -2.22. The number of thiophene rings is 1. The first-order valence-corrected chi connectivity index (χ1v) is 8.08. The van der Waals surface area contributed by atoms with Crippen LogP contribution in [0, 0.1) is 6.92 Å². The van der Waals surface area contributed by atoms with E-state index < -0.39 is 0 Å². The van der Waals surface area contributed by atoms with Gasteiger partial charge in [-0.05, 0) is 36.1 Å². The maximum absolute atomic E-state index is 11.8. The van der Waals surface area contributed by atoms with E-state index in [1.165, 1.54) is 28.8 Å². The third-order valence-electron chi connectivity index (χ3n) is 2.86.